The average molecular weight is 265 g/mol. The first-order chi connectivity index (χ1) is 9.08. The minimum atomic E-state index is 0.0272. The van der Waals surface area contributed by atoms with E-state index in [9.17, 15) is 0 Å². The standard InChI is InChI=1S/C13H23N5O/c1-4-10-6-5-7-18(8-10)12-15-11(14)16-13(17-12)19-9(2)3/h9-10H,4-8H2,1-3H3,(H2,14,15,16,17). The van der Waals surface area contributed by atoms with Crippen molar-refractivity contribution < 1.29 is 4.74 Å². The van der Waals surface area contributed by atoms with E-state index >= 15 is 0 Å². The van der Waals surface area contributed by atoms with Crippen molar-refractivity contribution in [2.45, 2.75) is 46.1 Å². The van der Waals surface area contributed by atoms with Crippen LogP contribution in [0.2, 0.25) is 0 Å². The van der Waals surface area contributed by atoms with Gasteiger partial charge in [0.15, 0.2) is 0 Å². The monoisotopic (exact) mass is 265 g/mol. The van der Waals surface area contributed by atoms with E-state index in [0.29, 0.717) is 17.9 Å². The predicted octanol–water partition coefficient (Wildman–Crippen LogP) is 1.87. The van der Waals surface area contributed by atoms with Gasteiger partial charge >= 0.3 is 6.01 Å². The molecule has 1 aliphatic rings. The van der Waals surface area contributed by atoms with E-state index < -0.39 is 0 Å². The summed E-state index contributed by atoms with van der Waals surface area (Å²) in [6.07, 6.45) is 3.67. The van der Waals surface area contributed by atoms with Crippen LogP contribution in [0.5, 0.6) is 6.01 Å². The van der Waals surface area contributed by atoms with Gasteiger partial charge in [0.05, 0.1) is 6.10 Å². The number of hydrogen-bond acceptors (Lipinski definition) is 6. The molecule has 1 unspecified atom stereocenters. The van der Waals surface area contributed by atoms with Gasteiger partial charge in [-0.3, -0.25) is 0 Å². The van der Waals surface area contributed by atoms with Gasteiger partial charge in [-0.05, 0) is 32.6 Å². The Kier molecular flexibility index (Phi) is 4.39. The molecule has 0 amide bonds. The third-order valence-electron chi connectivity index (χ3n) is 3.34. The second-order valence-corrected chi connectivity index (χ2v) is 5.31. The first-order valence-electron chi connectivity index (χ1n) is 7.01. The summed E-state index contributed by atoms with van der Waals surface area (Å²) in [5.41, 5.74) is 5.74. The Hall–Kier alpha value is -1.59. The highest BCUT2D eigenvalue weighted by molar-refractivity contribution is 5.36. The number of rotatable bonds is 4. The van der Waals surface area contributed by atoms with E-state index in [1.54, 1.807) is 0 Å². The minimum absolute atomic E-state index is 0.0272. The fraction of sp³-hybridized carbons (Fsp3) is 0.769. The van der Waals surface area contributed by atoms with Crippen LogP contribution in [0.1, 0.15) is 40.0 Å². The lowest BCUT2D eigenvalue weighted by molar-refractivity contribution is 0.222. The molecular formula is C13H23N5O. The maximum atomic E-state index is 5.74. The van der Waals surface area contributed by atoms with Crippen LogP contribution in [0, 0.1) is 5.92 Å². The van der Waals surface area contributed by atoms with Crippen LogP contribution in [-0.4, -0.2) is 34.1 Å². The molecule has 1 aromatic rings. The molecule has 1 atom stereocenters. The van der Waals surface area contributed by atoms with Crippen molar-refractivity contribution in [3.05, 3.63) is 0 Å². The minimum Gasteiger partial charge on any atom is -0.461 e. The molecule has 6 heteroatoms. The van der Waals surface area contributed by atoms with Gasteiger partial charge in [0, 0.05) is 13.1 Å². The van der Waals surface area contributed by atoms with E-state index in [2.05, 4.69) is 26.8 Å². The quantitative estimate of drug-likeness (QED) is 0.895. The van der Waals surface area contributed by atoms with Crippen molar-refractivity contribution in [1.82, 2.24) is 15.0 Å². The number of hydrogen-bond donors (Lipinski definition) is 1. The topological polar surface area (TPSA) is 77.2 Å². The number of anilines is 2. The maximum Gasteiger partial charge on any atom is 0.323 e. The maximum absolute atomic E-state index is 5.74. The molecule has 6 nitrogen and oxygen atoms in total. The molecule has 0 aromatic carbocycles. The largest absolute Gasteiger partial charge is 0.461 e. The lowest BCUT2D eigenvalue weighted by Gasteiger charge is -2.32. The lowest BCUT2D eigenvalue weighted by atomic mass is 9.96. The lowest BCUT2D eigenvalue weighted by Crippen LogP contribution is -2.36. The molecule has 106 valence electrons. The summed E-state index contributed by atoms with van der Waals surface area (Å²) in [4.78, 5) is 14.8. The predicted molar refractivity (Wildman–Crippen MR) is 75.2 cm³/mol. The molecule has 1 aliphatic heterocycles. The summed E-state index contributed by atoms with van der Waals surface area (Å²) in [6.45, 7) is 8.06. The van der Waals surface area contributed by atoms with Gasteiger partial charge in [-0.15, -0.1) is 0 Å². The van der Waals surface area contributed by atoms with Crippen LogP contribution in [0.4, 0.5) is 11.9 Å². The van der Waals surface area contributed by atoms with Gasteiger partial charge in [0.2, 0.25) is 11.9 Å². The van der Waals surface area contributed by atoms with Gasteiger partial charge in [-0.25, -0.2) is 0 Å². The molecule has 0 saturated carbocycles. The number of nitrogen functional groups attached to an aromatic ring is 1. The Morgan fingerprint density at radius 1 is 1.37 bits per heavy atom. The van der Waals surface area contributed by atoms with Crippen molar-refractivity contribution in [3.8, 4) is 6.01 Å². The summed E-state index contributed by atoms with van der Waals surface area (Å²) in [5.74, 6) is 1.57. The molecule has 1 saturated heterocycles. The van der Waals surface area contributed by atoms with Gasteiger partial charge in [-0.2, -0.15) is 15.0 Å². The van der Waals surface area contributed by atoms with Gasteiger partial charge in [0.1, 0.15) is 0 Å². The molecular weight excluding hydrogens is 242 g/mol. The Morgan fingerprint density at radius 3 is 2.84 bits per heavy atom. The summed E-state index contributed by atoms with van der Waals surface area (Å²) in [6, 6.07) is 0.316. The molecule has 0 radical (unpaired) electrons. The van der Waals surface area contributed by atoms with Crippen LogP contribution in [0.3, 0.4) is 0 Å². The van der Waals surface area contributed by atoms with E-state index in [1.165, 1.54) is 19.3 Å². The van der Waals surface area contributed by atoms with Crippen molar-refractivity contribution >= 4 is 11.9 Å². The second kappa shape index (κ2) is 6.04. The number of aromatic nitrogens is 3. The third-order valence-corrected chi connectivity index (χ3v) is 3.34. The normalized spacial score (nSPS) is 19.8. The van der Waals surface area contributed by atoms with Crippen LogP contribution in [0.25, 0.3) is 0 Å². The molecule has 0 bridgehead atoms. The smallest absolute Gasteiger partial charge is 0.323 e. The van der Waals surface area contributed by atoms with Crippen LogP contribution in [0.15, 0.2) is 0 Å². The fourth-order valence-electron chi connectivity index (χ4n) is 2.35. The Labute approximate surface area is 114 Å². The van der Waals surface area contributed by atoms with Gasteiger partial charge in [-0.1, -0.05) is 13.3 Å². The zero-order valence-electron chi connectivity index (χ0n) is 12.0. The van der Waals surface area contributed by atoms with Crippen molar-refractivity contribution in [2.75, 3.05) is 23.7 Å². The molecule has 19 heavy (non-hydrogen) atoms. The highest BCUT2D eigenvalue weighted by atomic mass is 16.5. The SMILES string of the molecule is CCC1CCCN(c2nc(N)nc(OC(C)C)n2)C1. The molecule has 2 heterocycles. The first-order valence-corrected chi connectivity index (χ1v) is 7.01. The molecule has 1 aromatic heterocycles. The zero-order valence-corrected chi connectivity index (χ0v) is 12.0. The highest BCUT2D eigenvalue weighted by Crippen LogP contribution is 2.23. The molecule has 0 spiro atoms. The van der Waals surface area contributed by atoms with Crippen molar-refractivity contribution in [2.24, 2.45) is 5.92 Å². The van der Waals surface area contributed by atoms with Gasteiger partial charge in [0.25, 0.3) is 0 Å². The van der Waals surface area contributed by atoms with Crippen molar-refractivity contribution in [3.63, 3.8) is 0 Å². The Balaban J connectivity index is 2.16. The number of piperidine rings is 1. The van der Waals surface area contributed by atoms with E-state index in [-0.39, 0.29) is 12.1 Å². The van der Waals surface area contributed by atoms with Crippen LogP contribution >= 0.6 is 0 Å². The third kappa shape index (κ3) is 3.68. The first kappa shape index (κ1) is 13.8. The molecule has 0 aliphatic carbocycles. The van der Waals surface area contributed by atoms with Crippen LogP contribution in [-0.2, 0) is 0 Å². The zero-order chi connectivity index (χ0) is 13.8. The Bertz CT molecular complexity index is 423. The highest BCUT2D eigenvalue weighted by Gasteiger charge is 2.21. The summed E-state index contributed by atoms with van der Waals surface area (Å²) in [5, 5.41) is 0. The number of ether oxygens (including phenoxy) is 1. The number of nitrogens with two attached hydrogens (primary N) is 1. The van der Waals surface area contributed by atoms with E-state index in [4.69, 9.17) is 10.5 Å². The summed E-state index contributed by atoms with van der Waals surface area (Å²) < 4.78 is 5.51. The summed E-state index contributed by atoms with van der Waals surface area (Å²) >= 11 is 0. The Morgan fingerprint density at radius 2 is 2.16 bits per heavy atom. The van der Waals surface area contributed by atoms with E-state index in [1.807, 2.05) is 13.8 Å². The van der Waals surface area contributed by atoms with E-state index in [0.717, 1.165) is 13.1 Å². The second-order valence-electron chi connectivity index (χ2n) is 5.31. The molecule has 2 rings (SSSR count). The van der Waals surface area contributed by atoms with Crippen LogP contribution < -0.4 is 15.4 Å². The summed E-state index contributed by atoms with van der Waals surface area (Å²) in [7, 11) is 0. The number of nitrogens with zero attached hydrogens (tertiary/aromatic N) is 4. The van der Waals surface area contributed by atoms with Crippen molar-refractivity contribution in [1.29, 1.82) is 0 Å². The molecule has 1 fully saturated rings. The average Bonchev–Trinajstić information content (AvgIpc) is 2.37. The molecule has 2 N–H and O–H groups in total. The fourth-order valence-corrected chi connectivity index (χ4v) is 2.35. The van der Waals surface area contributed by atoms with Gasteiger partial charge < -0.3 is 15.4 Å².